The number of hydrogen-bond acceptors (Lipinski definition) is 3. The summed E-state index contributed by atoms with van der Waals surface area (Å²) in [7, 11) is 0. The van der Waals surface area contributed by atoms with E-state index < -0.39 is 5.97 Å². The third-order valence-corrected chi connectivity index (χ3v) is 1.60. The van der Waals surface area contributed by atoms with Gasteiger partial charge in [-0.15, -0.1) is 0 Å². The molecule has 0 fully saturated rings. The fourth-order valence-electron chi connectivity index (χ4n) is 1.01. The van der Waals surface area contributed by atoms with Crippen LogP contribution < -0.4 is 5.73 Å². The molecule has 1 aromatic rings. The fraction of sp³-hybridized carbons (Fsp3) is 0.375. The summed E-state index contributed by atoms with van der Waals surface area (Å²) in [5, 5.41) is 8.44. The molecular formula is C8H11NO3. The lowest BCUT2D eigenvalue weighted by molar-refractivity contribution is -0.136. The van der Waals surface area contributed by atoms with Gasteiger partial charge in [-0.1, -0.05) is 6.92 Å². The Labute approximate surface area is 70.0 Å². The van der Waals surface area contributed by atoms with E-state index in [2.05, 4.69) is 0 Å². The molecule has 0 atom stereocenters. The largest absolute Gasteiger partial charge is 0.481 e. The lowest BCUT2D eigenvalue weighted by Crippen LogP contribution is -1.98. The molecular weight excluding hydrogens is 158 g/mol. The van der Waals surface area contributed by atoms with E-state index in [0.717, 1.165) is 12.0 Å². The first-order chi connectivity index (χ1) is 5.63. The van der Waals surface area contributed by atoms with Crippen LogP contribution in [0.5, 0.6) is 0 Å². The summed E-state index contributed by atoms with van der Waals surface area (Å²) in [6.45, 7) is 1.94. The molecule has 3 N–H and O–H groups in total. The van der Waals surface area contributed by atoms with Gasteiger partial charge in [-0.25, -0.2) is 0 Å². The molecule has 0 saturated heterocycles. The summed E-state index contributed by atoms with van der Waals surface area (Å²) in [5.74, 6) is -0.169. The van der Waals surface area contributed by atoms with E-state index in [-0.39, 0.29) is 6.42 Å². The van der Waals surface area contributed by atoms with Crippen molar-refractivity contribution >= 4 is 11.9 Å². The van der Waals surface area contributed by atoms with E-state index in [1.807, 2.05) is 6.92 Å². The Morgan fingerprint density at radius 1 is 1.75 bits per heavy atom. The summed E-state index contributed by atoms with van der Waals surface area (Å²) in [6.07, 6.45) is 0.652. The Bertz CT molecular complexity index is 290. The Morgan fingerprint density at radius 2 is 2.42 bits per heavy atom. The first-order valence-electron chi connectivity index (χ1n) is 3.72. The normalized spacial score (nSPS) is 10.1. The number of carboxylic acids is 1. The Balaban J connectivity index is 2.82. The van der Waals surface area contributed by atoms with Crippen molar-refractivity contribution in [2.75, 3.05) is 5.73 Å². The predicted molar refractivity (Wildman–Crippen MR) is 43.8 cm³/mol. The highest BCUT2D eigenvalue weighted by Gasteiger charge is 2.09. The summed E-state index contributed by atoms with van der Waals surface area (Å²) in [4.78, 5) is 10.3. The van der Waals surface area contributed by atoms with Crippen LogP contribution >= 0.6 is 0 Å². The maximum Gasteiger partial charge on any atom is 0.311 e. The molecule has 0 saturated carbocycles. The Morgan fingerprint density at radius 3 is 2.83 bits per heavy atom. The zero-order valence-corrected chi connectivity index (χ0v) is 6.83. The van der Waals surface area contributed by atoms with Gasteiger partial charge in [0, 0.05) is 5.56 Å². The number of carbonyl (C=O) groups is 1. The van der Waals surface area contributed by atoms with Crippen LogP contribution in [0.25, 0.3) is 0 Å². The van der Waals surface area contributed by atoms with Crippen LogP contribution in [-0.2, 0) is 17.6 Å². The minimum Gasteiger partial charge on any atom is -0.481 e. The third kappa shape index (κ3) is 1.78. The SMILES string of the molecule is CCc1cc(CC(=O)O)oc1N. The van der Waals surface area contributed by atoms with Crippen LogP contribution in [-0.4, -0.2) is 11.1 Å². The lowest BCUT2D eigenvalue weighted by atomic mass is 10.2. The average Bonchev–Trinajstić information content (AvgIpc) is 2.29. The van der Waals surface area contributed by atoms with Gasteiger partial charge < -0.3 is 15.3 Å². The molecule has 4 nitrogen and oxygen atoms in total. The van der Waals surface area contributed by atoms with Gasteiger partial charge in [-0.2, -0.15) is 0 Å². The minimum absolute atomic E-state index is 0.107. The van der Waals surface area contributed by atoms with Gasteiger partial charge in [0.25, 0.3) is 0 Å². The van der Waals surface area contributed by atoms with Crippen molar-refractivity contribution in [2.24, 2.45) is 0 Å². The van der Waals surface area contributed by atoms with E-state index in [1.165, 1.54) is 0 Å². The molecule has 0 aliphatic carbocycles. The fourth-order valence-corrected chi connectivity index (χ4v) is 1.01. The van der Waals surface area contributed by atoms with Crippen molar-refractivity contribution in [1.82, 2.24) is 0 Å². The van der Waals surface area contributed by atoms with Gasteiger partial charge >= 0.3 is 5.97 Å². The molecule has 4 heteroatoms. The van der Waals surface area contributed by atoms with E-state index in [4.69, 9.17) is 15.3 Å². The molecule has 1 aromatic heterocycles. The molecule has 0 amide bonds. The van der Waals surface area contributed by atoms with Crippen molar-refractivity contribution in [3.63, 3.8) is 0 Å². The molecule has 12 heavy (non-hydrogen) atoms. The number of aryl methyl sites for hydroxylation is 1. The Hall–Kier alpha value is -1.45. The summed E-state index contributed by atoms with van der Waals surface area (Å²) in [6, 6.07) is 1.68. The molecule has 0 unspecified atom stereocenters. The van der Waals surface area contributed by atoms with E-state index in [1.54, 1.807) is 6.07 Å². The van der Waals surface area contributed by atoms with E-state index >= 15 is 0 Å². The molecule has 66 valence electrons. The molecule has 0 bridgehead atoms. The highest BCUT2D eigenvalue weighted by atomic mass is 16.4. The van der Waals surface area contributed by atoms with Gasteiger partial charge in [0.1, 0.15) is 12.2 Å². The maximum absolute atomic E-state index is 10.3. The first-order valence-corrected chi connectivity index (χ1v) is 3.72. The van der Waals surface area contributed by atoms with Crippen LogP contribution in [0.2, 0.25) is 0 Å². The number of aliphatic carboxylic acids is 1. The summed E-state index contributed by atoms with van der Waals surface area (Å²) >= 11 is 0. The molecule has 0 aromatic carbocycles. The first kappa shape index (κ1) is 8.64. The van der Waals surface area contributed by atoms with Crippen molar-refractivity contribution < 1.29 is 14.3 Å². The van der Waals surface area contributed by atoms with Crippen molar-refractivity contribution in [2.45, 2.75) is 19.8 Å². The molecule has 1 heterocycles. The number of rotatable bonds is 3. The van der Waals surface area contributed by atoms with E-state index in [0.29, 0.717) is 11.6 Å². The molecule has 0 spiro atoms. The van der Waals surface area contributed by atoms with Gasteiger partial charge in [-0.05, 0) is 12.5 Å². The number of nitrogen functional groups attached to an aromatic ring is 1. The average molecular weight is 169 g/mol. The van der Waals surface area contributed by atoms with Crippen molar-refractivity contribution in [3.05, 3.63) is 17.4 Å². The van der Waals surface area contributed by atoms with Gasteiger partial charge in [-0.3, -0.25) is 4.79 Å². The van der Waals surface area contributed by atoms with Gasteiger partial charge in [0.15, 0.2) is 5.88 Å². The van der Waals surface area contributed by atoms with Crippen molar-refractivity contribution in [1.29, 1.82) is 0 Å². The quantitative estimate of drug-likeness (QED) is 0.709. The maximum atomic E-state index is 10.3. The second kappa shape index (κ2) is 3.30. The number of nitrogens with two attached hydrogens (primary N) is 1. The molecule has 1 rings (SSSR count). The zero-order valence-electron chi connectivity index (χ0n) is 6.83. The van der Waals surface area contributed by atoms with Crippen LogP contribution in [0.15, 0.2) is 10.5 Å². The number of carboxylic acid groups (broad SMARTS) is 1. The molecule has 0 aliphatic rings. The monoisotopic (exact) mass is 169 g/mol. The minimum atomic E-state index is -0.911. The van der Waals surface area contributed by atoms with Crippen LogP contribution in [0.1, 0.15) is 18.2 Å². The second-order valence-electron chi connectivity index (χ2n) is 2.53. The molecule has 0 aliphatic heterocycles. The van der Waals surface area contributed by atoms with E-state index in [9.17, 15) is 4.79 Å². The van der Waals surface area contributed by atoms with Crippen LogP contribution in [0.3, 0.4) is 0 Å². The number of hydrogen-bond donors (Lipinski definition) is 2. The smallest absolute Gasteiger partial charge is 0.311 e. The predicted octanol–water partition coefficient (Wildman–Crippen LogP) is 1.05. The second-order valence-corrected chi connectivity index (χ2v) is 2.53. The highest BCUT2D eigenvalue weighted by molar-refractivity contribution is 5.69. The third-order valence-electron chi connectivity index (χ3n) is 1.60. The lowest BCUT2D eigenvalue weighted by Gasteiger charge is -1.87. The standard InChI is InChI=1S/C8H11NO3/c1-2-5-3-6(4-7(10)11)12-8(5)9/h3H,2,4,9H2,1H3,(H,10,11). The summed E-state index contributed by atoms with van der Waals surface area (Å²) < 4.78 is 5.01. The highest BCUT2D eigenvalue weighted by Crippen LogP contribution is 2.18. The Kier molecular flexibility index (Phi) is 2.38. The van der Waals surface area contributed by atoms with Gasteiger partial charge in [0.2, 0.25) is 0 Å². The van der Waals surface area contributed by atoms with Crippen LogP contribution in [0, 0.1) is 0 Å². The number of anilines is 1. The van der Waals surface area contributed by atoms with Gasteiger partial charge in [0.05, 0.1) is 0 Å². The zero-order chi connectivity index (χ0) is 9.14. The number of furan rings is 1. The summed E-state index contributed by atoms with van der Waals surface area (Å²) in [5.41, 5.74) is 6.33. The van der Waals surface area contributed by atoms with Crippen molar-refractivity contribution in [3.8, 4) is 0 Å². The molecule has 0 radical (unpaired) electrons. The van der Waals surface area contributed by atoms with Crippen LogP contribution in [0.4, 0.5) is 5.88 Å². The topological polar surface area (TPSA) is 76.5 Å².